The van der Waals surface area contributed by atoms with Gasteiger partial charge in [0.25, 0.3) is 0 Å². The van der Waals surface area contributed by atoms with Crippen molar-refractivity contribution in [1.29, 1.82) is 0 Å². The molecule has 17 heavy (non-hydrogen) atoms. The zero-order chi connectivity index (χ0) is 12.4. The molecule has 0 bridgehead atoms. The minimum atomic E-state index is 0.191. The van der Waals surface area contributed by atoms with Gasteiger partial charge in [0, 0.05) is 10.4 Å². The van der Waals surface area contributed by atoms with Crippen molar-refractivity contribution in [3.8, 4) is 0 Å². The van der Waals surface area contributed by atoms with E-state index in [9.17, 15) is 0 Å². The fourth-order valence-corrected chi connectivity index (χ4v) is 2.89. The largest absolute Gasteiger partial charge is 0.453 e. The highest BCUT2D eigenvalue weighted by Crippen LogP contribution is 2.33. The molecule has 0 amide bonds. The molecule has 1 unspecified atom stereocenters. The Morgan fingerprint density at radius 1 is 1.24 bits per heavy atom. The Bertz CT molecular complexity index is 519. The number of aryl methyl sites for hydroxylation is 2. The van der Waals surface area contributed by atoms with Crippen molar-refractivity contribution in [2.24, 2.45) is 0 Å². The lowest BCUT2D eigenvalue weighted by Crippen LogP contribution is -1.95. The van der Waals surface area contributed by atoms with E-state index in [4.69, 9.17) is 16.0 Å². The lowest BCUT2D eigenvalue weighted by molar-refractivity contribution is 0.565. The average molecular weight is 314 g/mol. The molecule has 1 aromatic carbocycles. The van der Waals surface area contributed by atoms with E-state index in [2.05, 4.69) is 48.0 Å². The summed E-state index contributed by atoms with van der Waals surface area (Å²) in [6.07, 6.45) is 2.52. The van der Waals surface area contributed by atoms with Crippen LogP contribution in [0.2, 0.25) is 5.22 Å². The maximum Gasteiger partial charge on any atom is 0.197 e. The second kappa shape index (κ2) is 5.28. The topological polar surface area (TPSA) is 13.1 Å². The summed E-state index contributed by atoms with van der Waals surface area (Å²) in [4.78, 5) is 0.191. The van der Waals surface area contributed by atoms with Gasteiger partial charge in [0.1, 0.15) is 0 Å². The normalized spacial score (nSPS) is 12.7. The summed E-state index contributed by atoms with van der Waals surface area (Å²) in [5.74, 6) is 0. The molecule has 0 saturated heterocycles. The van der Waals surface area contributed by atoms with Gasteiger partial charge < -0.3 is 4.42 Å². The van der Waals surface area contributed by atoms with Gasteiger partial charge in [-0.05, 0) is 54.6 Å². The molecule has 0 radical (unpaired) electrons. The van der Waals surface area contributed by atoms with Crippen LogP contribution in [-0.2, 0) is 6.42 Å². The molecule has 3 heteroatoms. The lowest BCUT2D eigenvalue weighted by atomic mass is 10.0. The van der Waals surface area contributed by atoms with Crippen LogP contribution in [0.1, 0.15) is 27.1 Å². The zero-order valence-corrected chi connectivity index (χ0v) is 12.2. The molecule has 90 valence electrons. The Morgan fingerprint density at radius 3 is 2.59 bits per heavy atom. The minimum Gasteiger partial charge on any atom is -0.453 e. The molecule has 0 aliphatic rings. The fourth-order valence-electron chi connectivity index (χ4n) is 1.78. The highest BCUT2D eigenvalue weighted by molar-refractivity contribution is 9.09. The Kier molecular flexibility index (Phi) is 3.95. The standard InChI is InChI=1S/C14H14BrClO/c1-9-3-4-11(7-10(9)2)8-13(15)12-5-6-17-14(12)16/h3-7,13H,8H2,1-2H3. The van der Waals surface area contributed by atoms with Crippen molar-refractivity contribution in [2.45, 2.75) is 25.1 Å². The summed E-state index contributed by atoms with van der Waals surface area (Å²) >= 11 is 9.61. The third kappa shape index (κ3) is 2.93. The molecule has 1 aromatic heterocycles. The van der Waals surface area contributed by atoms with E-state index in [0.29, 0.717) is 5.22 Å². The number of halogens is 2. The summed E-state index contributed by atoms with van der Waals surface area (Å²) in [5.41, 5.74) is 4.94. The number of benzene rings is 1. The summed E-state index contributed by atoms with van der Waals surface area (Å²) < 4.78 is 5.10. The highest BCUT2D eigenvalue weighted by Gasteiger charge is 2.14. The first kappa shape index (κ1) is 12.7. The van der Waals surface area contributed by atoms with E-state index >= 15 is 0 Å². The predicted octanol–water partition coefficient (Wildman–Crippen LogP) is 5.23. The lowest BCUT2D eigenvalue weighted by Gasteiger charge is -2.10. The predicted molar refractivity (Wildman–Crippen MR) is 75.0 cm³/mol. The van der Waals surface area contributed by atoms with Crippen molar-refractivity contribution in [3.63, 3.8) is 0 Å². The number of alkyl halides is 1. The first-order valence-electron chi connectivity index (χ1n) is 5.51. The first-order valence-corrected chi connectivity index (χ1v) is 6.80. The van der Waals surface area contributed by atoms with Gasteiger partial charge in [-0.1, -0.05) is 34.1 Å². The molecular formula is C14H14BrClO. The van der Waals surface area contributed by atoms with E-state index in [1.54, 1.807) is 6.26 Å². The molecule has 0 aliphatic carbocycles. The second-order valence-electron chi connectivity index (χ2n) is 4.24. The van der Waals surface area contributed by atoms with Crippen LogP contribution in [0.5, 0.6) is 0 Å². The van der Waals surface area contributed by atoms with Crippen molar-refractivity contribution < 1.29 is 4.42 Å². The van der Waals surface area contributed by atoms with Gasteiger partial charge in [-0.25, -0.2) is 0 Å². The quantitative estimate of drug-likeness (QED) is 0.707. The molecule has 2 aromatic rings. The van der Waals surface area contributed by atoms with Crippen LogP contribution < -0.4 is 0 Å². The van der Waals surface area contributed by atoms with Crippen molar-refractivity contribution >= 4 is 27.5 Å². The van der Waals surface area contributed by atoms with Crippen molar-refractivity contribution in [3.05, 3.63) is 58.0 Å². The van der Waals surface area contributed by atoms with Gasteiger partial charge in [-0.3, -0.25) is 0 Å². The molecule has 0 saturated carbocycles. The Labute approximate surface area is 115 Å². The number of hydrogen-bond donors (Lipinski definition) is 0. The maximum atomic E-state index is 5.96. The minimum absolute atomic E-state index is 0.191. The molecule has 1 atom stereocenters. The number of hydrogen-bond acceptors (Lipinski definition) is 1. The Balaban J connectivity index is 2.16. The summed E-state index contributed by atoms with van der Waals surface area (Å²) in [5, 5.41) is 0.468. The van der Waals surface area contributed by atoms with E-state index in [1.165, 1.54) is 16.7 Å². The van der Waals surface area contributed by atoms with Gasteiger partial charge in [-0.15, -0.1) is 0 Å². The van der Waals surface area contributed by atoms with Crippen LogP contribution in [-0.4, -0.2) is 0 Å². The van der Waals surface area contributed by atoms with E-state index in [-0.39, 0.29) is 4.83 Å². The van der Waals surface area contributed by atoms with Gasteiger partial charge in [0.05, 0.1) is 6.26 Å². The smallest absolute Gasteiger partial charge is 0.197 e. The van der Waals surface area contributed by atoms with Crippen molar-refractivity contribution in [2.75, 3.05) is 0 Å². The summed E-state index contributed by atoms with van der Waals surface area (Å²) in [7, 11) is 0. The molecule has 2 rings (SSSR count). The molecule has 0 N–H and O–H groups in total. The monoisotopic (exact) mass is 312 g/mol. The van der Waals surface area contributed by atoms with Gasteiger partial charge in [0.15, 0.2) is 5.22 Å². The average Bonchev–Trinajstić information content (AvgIpc) is 2.70. The highest BCUT2D eigenvalue weighted by atomic mass is 79.9. The number of rotatable bonds is 3. The molecule has 1 nitrogen and oxygen atoms in total. The van der Waals surface area contributed by atoms with Crippen LogP contribution >= 0.6 is 27.5 Å². The Hall–Kier alpha value is -0.730. The Morgan fingerprint density at radius 2 is 2.00 bits per heavy atom. The summed E-state index contributed by atoms with van der Waals surface area (Å²) in [6.45, 7) is 4.25. The molecule has 0 fully saturated rings. The van der Waals surface area contributed by atoms with E-state index in [0.717, 1.165) is 12.0 Å². The van der Waals surface area contributed by atoms with Crippen LogP contribution in [0.15, 0.2) is 34.9 Å². The van der Waals surface area contributed by atoms with Crippen LogP contribution in [0, 0.1) is 13.8 Å². The SMILES string of the molecule is Cc1ccc(CC(Br)c2ccoc2Cl)cc1C. The van der Waals surface area contributed by atoms with E-state index in [1.807, 2.05) is 6.07 Å². The molecule has 0 aliphatic heterocycles. The van der Waals surface area contributed by atoms with E-state index < -0.39 is 0 Å². The zero-order valence-electron chi connectivity index (χ0n) is 9.84. The third-order valence-corrected chi connectivity index (χ3v) is 4.09. The maximum absolute atomic E-state index is 5.96. The number of furan rings is 1. The molecular weight excluding hydrogens is 300 g/mol. The van der Waals surface area contributed by atoms with Gasteiger partial charge in [-0.2, -0.15) is 0 Å². The third-order valence-electron chi connectivity index (χ3n) is 2.97. The molecule has 0 spiro atoms. The van der Waals surface area contributed by atoms with Crippen LogP contribution in [0.25, 0.3) is 0 Å². The van der Waals surface area contributed by atoms with Crippen LogP contribution in [0.3, 0.4) is 0 Å². The van der Waals surface area contributed by atoms with Gasteiger partial charge in [0.2, 0.25) is 0 Å². The second-order valence-corrected chi connectivity index (χ2v) is 5.69. The van der Waals surface area contributed by atoms with Crippen molar-refractivity contribution in [1.82, 2.24) is 0 Å². The fraction of sp³-hybridized carbons (Fsp3) is 0.286. The van der Waals surface area contributed by atoms with Gasteiger partial charge >= 0.3 is 0 Å². The summed E-state index contributed by atoms with van der Waals surface area (Å²) in [6, 6.07) is 8.44. The van der Waals surface area contributed by atoms with Crippen LogP contribution in [0.4, 0.5) is 0 Å². The first-order chi connectivity index (χ1) is 8.08. The molecule has 1 heterocycles.